The molecule has 1 aliphatic heterocycles. The number of anilines is 1. The molecular formula is C21H25N3O7S. The van der Waals surface area contributed by atoms with E-state index in [0.717, 1.165) is 0 Å². The van der Waals surface area contributed by atoms with E-state index < -0.39 is 20.9 Å². The lowest BCUT2D eigenvalue weighted by molar-refractivity contribution is -0.384. The number of nitrogens with zero attached hydrogens (tertiary/aromatic N) is 2. The van der Waals surface area contributed by atoms with Crippen molar-refractivity contribution in [2.45, 2.75) is 24.7 Å². The Morgan fingerprint density at radius 3 is 2.53 bits per heavy atom. The summed E-state index contributed by atoms with van der Waals surface area (Å²) >= 11 is 0. The minimum absolute atomic E-state index is 0.0104. The van der Waals surface area contributed by atoms with Crippen LogP contribution in [0.5, 0.6) is 11.5 Å². The summed E-state index contributed by atoms with van der Waals surface area (Å²) in [6.07, 6.45) is 1.02. The van der Waals surface area contributed by atoms with Gasteiger partial charge in [0.25, 0.3) is 5.69 Å². The average molecular weight is 464 g/mol. The summed E-state index contributed by atoms with van der Waals surface area (Å²) in [6, 6.07) is 8.57. The lowest BCUT2D eigenvalue weighted by atomic mass is 9.98. The Hall–Kier alpha value is -3.18. The van der Waals surface area contributed by atoms with Crippen molar-refractivity contribution >= 4 is 27.3 Å². The molecule has 0 aliphatic carbocycles. The highest BCUT2D eigenvalue weighted by molar-refractivity contribution is 7.89. The van der Waals surface area contributed by atoms with Crippen LogP contribution in [0.1, 0.15) is 18.4 Å². The van der Waals surface area contributed by atoms with Gasteiger partial charge < -0.3 is 14.8 Å². The largest absolute Gasteiger partial charge is 0.493 e. The van der Waals surface area contributed by atoms with Gasteiger partial charge >= 0.3 is 0 Å². The fraction of sp³-hybridized carbons (Fsp3) is 0.381. The zero-order valence-corrected chi connectivity index (χ0v) is 18.8. The number of amides is 1. The highest BCUT2D eigenvalue weighted by atomic mass is 32.2. The van der Waals surface area contributed by atoms with E-state index in [0.29, 0.717) is 35.6 Å². The summed E-state index contributed by atoms with van der Waals surface area (Å²) < 4.78 is 38.0. The Labute approximate surface area is 186 Å². The highest BCUT2D eigenvalue weighted by Crippen LogP contribution is 2.32. The minimum atomic E-state index is -3.86. The number of hydrogen-bond acceptors (Lipinski definition) is 7. The number of sulfonamides is 1. The van der Waals surface area contributed by atoms with E-state index in [-0.39, 0.29) is 29.6 Å². The fourth-order valence-electron chi connectivity index (χ4n) is 3.59. The first-order valence-corrected chi connectivity index (χ1v) is 11.4. The molecule has 0 bridgehead atoms. The zero-order valence-electron chi connectivity index (χ0n) is 18.0. The number of benzene rings is 2. The van der Waals surface area contributed by atoms with Crippen molar-refractivity contribution in [3.05, 3.63) is 52.1 Å². The molecule has 0 spiro atoms. The van der Waals surface area contributed by atoms with Crippen LogP contribution in [0.15, 0.2) is 41.3 Å². The van der Waals surface area contributed by atoms with E-state index in [1.165, 1.54) is 48.9 Å². The molecule has 1 atom stereocenters. The van der Waals surface area contributed by atoms with Crippen molar-refractivity contribution in [1.82, 2.24) is 4.31 Å². The molecule has 0 saturated carbocycles. The van der Waals surface area contributed by atoms with Gasteiger partial charge in [0.2, 0.25) is 15.9 Å². The molecule has 0 unspecified atom stereocenters. The van der Waals surface area contributed by atoms with Crippen LogP contribution in [-0.4, -0.2) is 50.9 Å². The summed E-state index contributed by atoms with van der Waals surface area (Å²) in [7, 11) is -0.973. The van der Waals surface area contributed by atoms with Crippen LogP contribution < -0.4 is 14.8 Å². The van der Waals surface area contributed by atoms with E-state index in [4.69, 9.17) is 9.47 Å². The van der Waals surface area contributed by atoms with Gasteiger partial charge in [-0.15, -0.1) is 0 Å². The van der Waals surface area contributed by atoms with Crippen LogP contribution >= 0.6 is 0 Å². The fourth-order valence-corrected chi connectivity index (χ4v) is 5.13. The molecule has 10 nitrogen and oxygen atoms in total. The van der Waals surface area contributed by atoms with Crippen LogP contribution in [0.3, 0.4) is 0 Å². The Morgan fingerprint density at radius 1 is 1.16 bits per heavy atom. The number of carbonyl (C=O) groups is 1. The van der Waals surface area contributed by atoms with Crippen LogP contribution in [0.4, 0.5) is 11.4 Å². The molecule has 2 aromatic carbocycles. The third kappa shape index (κ3) is 4.83. The summed E-state index contributed by atoms with van der Waals surface area (Å²) in [5.41, 5.74) is 0.880. The Balaban J connectivity index is 1.78. The molecule has 1 amide bonds. The number of nitro groups is 1. The third-order valence-electron chi connectivity index (χ3n) is 5.44. The van der Waals surface area contributed by atoms with E-state index in [1.54, 1.807) is 13.0 Å². The van der Waals surface area contributed by atoms with Gasteiger partial charge in [-0.1, -0.05) is 6.07 Å². The second-order valence-corrected chi connectivity index (χ2v) is 9.40. The molecule has 1 heterocycles. The zero-order chi connectivity index (χ0) is 23.5. The first-order valence-electron chi connectivity index (χ1n) is 9.95. The topological polar surface area (TPSA) is 128 Å². The van der Waals surface area contributed by atoms with Crippen molar-refractivity contribution in [1.29, 1.82) is 0 Å². The maximum absolute atomic E-state index is 13.2. The SMILES string of the molecule is COc1ccc(S(=O)(=O)N2CCC[C@H](C(=O)Nc3cc([N+](=O)[O-])ccc3C)C2)cc1OC. The smallest absolute Gasteiger partial charge is 0.271 e. The molecule has 1 aliphatic rings. The van der Waals surface area contributed by atoms with Gasteiger partial charge in [0.05, 0.1) is 35.6 Å². The number of nitrogens with one attached hydrogen (secondary N) is 1. The number of nitro benzene ring substituents is 1. The summed E-state index contributed by atoms with van der Waals surface area (Å²) in [5.74, 6) is -0.256. The average Bonchev–Trinajstić information content (AvgIpc) is 2.79. The molecule has 11 heteroatoms. The minimum Gasteiger partial charge on any atom is -0.493 e. The molecule has 172 valence electrons. The van der Waals surface area contributed by atoms with Crippen LogP contribution in [0.2, 0.25) is 0 Å². The molecule has 1 N–H and O–H groups in total. The number of rotatable bonds is 7. The van der Waals surface area contributed by atoms with Gasteiger partial charge in [0, 0.05) is 31.3 Å². The van der Waals surface area contributed by atoms with Crippen molar-refractivity contribution in [2.75, 3.05) is 32.6 Å². The summed E-state index contributed by atoms with van der Waals surface area (Å²) in [6.45, 7) is 2.03. The van der Waals surface area contributed by atoms with E-state index in [1.807, 2.05) is 0 Å². The summed E-state index contributed by atoms with van der Waals surface area (Å²) in [5, 5.41) is 13.7. The lowest BCUT2D eigenvalue weighted by Crippen LogP contribution is -2.43. The Kier molecular flexibility index (Phi) is 6.99. The van der Waals surface area contributed by atoms with Crippen molar-refractivity contribution in [3.8, 4) is 11.5 Å². The lowest BCUT2D eigenvalue weighted by Gasteiger charge is -2.31. The predicted molar refractivity (Wildman–Crippen MR) is 117 cm³/mol. The molecule has 0 aromatic heterocycles. The van der Waals surface area contributed by atoms with Crippen molar-refractivity contribution in [3.63, 3.8) is 0 Å². The van der Waals surface area contributed by atoms with E-state index in [9.17, 15) is 23.3 Å². The monoisotopic (exact) mass is 463 g/mol. The molecule has 32 heavy (non-hydrogen) atoms. The molecule has 2 aromatic rings. The van der Waals surface area contributed by atoms with E-state index in [2.05, 4.69) is 5.32 Å². The maximum atomic E-state index is 13.2. The standard InChI is InChI=1S/C21H25N3O7S/c1-14-6-7-16(24(26)27)11-18(14)22-21(25)15-5-4-10-23(13-15)32(28,29)17-8-9-19(30-2)20(12-17)31-3/h6-9,11-12,15H,4-5,10,13H2,1-3H3,(H,22,25)/t15-/m0/s1. The number of ether oxygens (including phenoxy) is 2. The van der Waals surface area contributed by atoms with Crippen LogP contribution in [0.25, 0.3) is 0 Å². The first-order chi connectivity index (χ1) is 15.2. The number of carbonyl (C=O) groups excluding carboxylic acids is 1. The number of hydrogen-bond donors (Lipinski definition) is 1. The van der Waals surface area contributed by atoms with Crippen molar-refractivity contribution < 1.29 is 27.6 Å². The van der Waals surface area contributed by atoms with Gasteiger partial charge in [-0.3, -0.25) is 14.9 Å². The molecule has 1 saturated heterocycles. The first kappa shape index (κ1) is 23.5. The van der Waals surface area contributed by atoms with Crippen LogP contribution in [-0.2, 0) is 14.8 Å². The Bertz CT molecular complexity index is 1130. The number of methoxy groups -OCH3 is 2. The maximum Gasteiger partial charge on any atom is 0.271 e. The number of piperidine rings is 1. The van der Waals surface area contributed by atoms with Gasteiger partial charge in [-0.25, -0.2) is 8.42 Å². The van der Waals surface area contributed by atoms with Gasteiger partial charge in [0.15, 0.2) is 11.5 Å². The Morgan fingerprint density at radius 2 is 1.88 bits per heavy atom. The quantitative estimate of drug-likeness (QED) is 0.494. The van der Waals surface area contributed by atoms with Gasteiger partial charge in [-0.05, 0) is 37.5 Å². The predicted octanol–water partition coefficient (Wildman–Crippen LogP) is 2.96. The third-order valence-corrected chi connectivity index (χ3v) is 7.30. The number of aryl methyl sites for hydroxylation is 1. The molecule has 1 fully saturated rings. The molecule has 0 radical (unpaired) electrons. The van der Waals surface area contributed by atoms with Crippen LogP contribution in [0, 0.1) is 23.0 Å². The summed E-state index contributed by atoms with van der Waals surface area (Å²) in [4.78, 5) is 23.4. The molecule has 3 rings (SSSR count). The van der Waals surface area contributed by atoms with Gasteiger partial charge in [-0.2, -0.15) is 4.31 Å². The highest BCUT2D eigenvalue weighted by Gasteiger charge is 2.34. The second-order valence-electron chi connectivity index (χ2n) is 7.46. The second kappa shape index (κ2) is 9.53. The number of non-ortho nitro benzene ring substituents is 1. The normalized spacial score (nSPS) is 16.9. The van der Waals surface area contributed by atoms with Crippen molar-refractivity contribution in [2.24, 2.45) is 5.92 Å². The van der Waals surface area contributed by atoms with E-state index >= 15 is 0 Å². The van der Waals surface area contributed by atoms with Gasteiger partial charge in [0.1, 0.15) is 0 Å². The molecular weight excluding hydrogens is 438 g/mol.